The van der Waals surface area contributed by atoms with Crippen molar-refractivity contribution in [2.75, 3.05) is 0 Å². The standard InChI is InChI=1S/C27H30Cl2N2O4/c1-4-20(5-2)31-23(16-9-11-18(28)12-10-16)21(17-7-6-8-19(29)13-17)14-27(3,25(31)33)15-22-24(32)30-26(34)35-22/h6-13,20-23H,4-5,14-15H2,1-3H3,(H,30,32,34)/t21-,22?,23-,27+/m1/s1. The van der Waals surface area contributed by atoms with E-state index in [0.29, 0.717) is 16.5 Å². The van der Waals surface area contributed by atoms with Crippen molar-refractivity contribution in [1.82, 2.24) is 10.2 Å². The molecule has 35 heavy (non-hydrogen) atoms. The molecule has 2 saturated heterocycles. The van der Waals surface area contributed by atoms with Crippen LogP contribution in [-0.4, -0.2) is 35.0 Å². The number of nitrogens with one attached hydrogen (secondary N) is 1. The lowest BCUT2D eigenvalue weighted by atomic mass is 9.66. The quantitative estimate of drug-likeness (QED) is 0.470. The number of nitrogens with zero attached hydrogens (tertiary/aromatic N) is 1. The van der Waals surface area contributed by atoms with Gasteiger partial charge in [0.15, 0.2) is 6.10 Å². The first-order chi connectivity index (χ1) is 16.7. The number of rotatable bonds is 7. The molecule has 0 aliphatic carbocycles. The van der Waals surface area contributed by atoms with Gasteiger partial charge in [-0.05, 0) is 54.7 Å². The van der Waals surface area contributed by atoms with E-state index in [2.05, 4.69) is 19.2 Å². The van der Waals surface area contributed by atoms with Crippen molar-refractivity contribution >= 4 is 41.1 Å². The topological polar surface area (TPSA) is 75.7 Å². The van der Waals surface area contributed by atoms with Gasteiger partial charge >= 0.3 is 6.09 Å². The van der Waals surface area contributed by atoms with Crippen LogP contribution in [0.15, 0.2) is 48.5 Å². The molecule has 0 bridgehead atoms. The Balaban J connectivity index is 1.85. The summed E-state index contributed by atoms with van der Waals surface area (Å²) in [6.45, 7) is 6.03. The van der Waals surface area contributed by atoms with E-state index in [4.69, 9.17) is 27.9 Å². The Morgan fingerprint density at radius 1 is 1.03 bits per heavy atom. The van der Waals surface area contributed by atoms with Crippen LogP contribution in [-0.2, 0) is 14.3 Å². The number of piperidine rings is 1. The zero-order valence-electron chi connectivity index (χ0n) is 20.1. The van der Waals surface area contributed by atoms with Crippen molar-refractivity contribution in [3.05, 3.63) is 69.7 Å². The number of alkyl carbamates (subject to hydrolysis) is 1. The molecule has 2 aromatic carbocycles. The summed E-state index contributed by atoms with van der Waals surface area (Å²) in [5.41, 5.74) is 1.08. The average molecular weight is 517 g/mol. The molecule has 0 saturated carbocycles. The van der Waals surface area contributed by atoms with Gasteiger partial charge in [0.25, 0.3) is 5.91 Å². The van der Waals surface area contributed by atoms with Crippen molar-refractivity contribution in [1.29, 1.82) is 0 Å². The minimum absolute atomic E-state index is 0.00978. The summed E-state index contributed by atoms with van der Waals surface area (Å²) in [5, 5.41) is 3.43. The van der Waals surface area contributed by atoms with Crippen LogP contribution >= 0.6 is 23.2 Å². The number of benzene rings is 2. The first kappa shape index (κ1) is 25.5. The molecule has 2 aliphatic rings. The van der Waals surface area contributed by atoms with Gasteiger partial charge in [-0.15, -0.1) is 0 Å². The normalized spacial score (nSPS) is 26.7. The second-order valence-corrected chi connectivity index (χ2v) is 10.6. The van der Waals surface area contributed by atoms with Crippen LogP contribution in [0.25, 0.3) is 0 Å². The van der Waals surface area contributed by atoms with E-state index in [-0.39, 0.29) is 30.3 Å². The highest BCUT2D eigenvalue weighted by molar-refractivity contribution is 6.30. The van der Waals surface area contributed by atoms with Gasteiger partial charge in [0.1, 0.15) is 0 Å². The third-order valence-corrected chi connectivity index (χ3v) is 7.82. The Kier molecular flexibility index (Phi) is 7.43. The molecule has 3 amide bonds. The maximum Gasteiger partial charge on any atom is 0.414 e. The van der Waals surface area contributed by atoms with Crippen LogP contribution in [0.4, 0.5) is 4.79 Å². The number of imide groups is 1. The number of ether oxygens (including phenoxy) is 1. The van der Waals surface area contributed by atoms with Crippen LogP contribution in [0, 0.1) is 5.41 Å². The fourth-order valence-electron chi connectivity index (χ4n) is 5.59. The maximum atomic E-state index is 14.3. The summed E-state index contributed by atoms with van der Waals surface area (Å²) < 4.78 is 5.22. The van der Waals surface area contributed by atoms with Gasteiger partial charge in [0.05, 0.1) is 11.5 Å². The summed E-state index contributed by atoms with van der Waals surface area (Å²) in [7, 11) is 0. The van der Waals surface area contributed by atoms with Crippen molar-refractivity contribution in [2.45, 2.75) is 70.6 Å². The lowest BCUT2D eigenvalue weighted by Gasteiger charge is -2.52. The second kappa shape index (κ2) is 10.2. The van der Waals surface area contributed by atoms with Gasteiger partial charge in [-0.2, -0.15) is 0 Å². The molecule has 0 aromatic heterocycles. The number of carbonyl (C=O) groups excluding carboxylic acids is 3. The van der Waals surface area contributed by atoms with Crippen LogP contribution in [0.5, 0.6) is 0 Å². The van der Waals surface area contributed by atoms with E-state index in [9.17, 15) is 14.4 Å². The van der Waals surface area contributed by atoms with Gasteiger partial charge in [-0.1, -0.05) is 68.2 Å². The smallest absolute Gasteiger partial charge is 0.414 e. The van der Waals surface area contributed by atoms with Crippen LogP contribution in [0.1, 0.15) is 69.5 Å². The lowest BCUT2D eigenvalue weighted by molar-refractivity contribution is -0.157. The fraction of sp³-hybridized carbons (Fsp3) is 0.444. The number of hydrogen-bond acceptors (Lipinski definition) is 4. The Morgan fingerprint density at radius 3 is 2.29 bits per heavy atom. The highest BCUT2D eigenvalue weighted by Gasteiger charge is 2.53. The lowest BCUT2D eigenvalue weighted by Crippen LogP contribution is -2.56. The molecule has 4 rings (SSSR count). The van der Waals surface area contributed by atoms with E-state index in [1.54, 1.807) is 0 Å². The molecule has 186 valence electrons. The van der Waals surface area contributed by atoms with E-state index in [1.165, 1.54) is 0 Å². The Hall–Kier alpha value is -2.57. The zero-order valence-corrected chi connectivity index (χ0v) is 21.6. The van der Waals surface area contributed by atoms with Gasteiger partial charge in [-0.25, -0.2) is 4.79 Å². The monoisotopic (exact) mass is 516 g/mol. The van der Waals surface area contributed by atoms with Gasteiger partial charge in [0.2, 0.25) is 5.91 Å². The summed E-state index contributed by atoms with van der Waals surface area (Å²) in [6.07, 6.45) is 0.385. The Morgan fingerprint density at radius 2 is 1.71 bits per heavy atom. The molecular formula is C27H30Cl2N2O4. The highest BCUT2D eigenvalue weighted by Crippen LogP contribution is 2.53. The minimum atomic E-state index is -0.993. The Bertz CT molecular complexity index is 1120. The summed E-state index contributed by atoms with van der Waals surface area (Å²) in [4.78, 5) is 40.3. The van der Waals surface area contributed by atoms with Gasteiger partial charge in [-0.3, -0.25) is 14.9 Å². The predicted octanol–water partition coefficient (Wildman–Crippen LogP) is 6.27. The van der Waals surface area contributed by atoms with E-state index in [1.807, 2.05) is 60.4 Å². The zero-order chi connectivity index (χ0) is 25.3. The number of cyclic esters (lactones) is 1. The molecule has 2 fully saturated rings. The fourth-order valence-corrected chi connectivity index (χ4v) is 5.91. The van der Waals surface area contributed by atoms with Crippen LogP contribution < -0.4 is 5.32 Å². The third-order valence-electron chi connectivity index (χ3n) is 7.33. The van der Waals surface area contributed by atoms with E-state index < -0.39 is 23.5 Å². The summed E-state index contributed by atoms with van der Waals surface area (Å²) in [5.74, 6) is -0.643. The molecule has 2 aromatic rings. The molecule has 2 aliphatic heterocycles. The molecule has 0 spiro atoms. The molecular weight excluding hydrogens is 487 g/mol. The first-order valence-corrected chi connectivity index (χ1v) is 12.8. The molecule has 4 atom stereocenters. The van der Waals surface area contributed by atoms with E-state index >= 15 is 0 Å². The van der Waals surface area contributed by atoms with Crippen molar-refractivity contribution in [3.8, 4) is 0 Å². The largest absolute Gasteiger partial charge is 0.436 e. The van der Waals surface area contributed by atoms with Gasteiger partial charge in [0, 0.05) is 28.4 Å². The van der Waals surface area contributed by atoms with Crippen LogP contribution in [0.2, 0.25) is 10.0 Å². The van der Waals surface area contributed by atoms with Gasteiger partial charge < -0.3 is 9.64 Å². The number of amides is 3. The predicted molar refractivity (Wildman–Crippen MR) is 135 cm³/mol. The summed E-state index contributed by atoms with van der Waals surface area (Å²) >= 11 is 12.6. The molecule has 6 nitrogen and oxygen atoms in total. The molecule has 2 heterocycles. The number of likely N-dealkylation sites (tertiary alicyclic amines) is 1. The maximum absolute atomic E-state index is 14.3. The molecule has 1 unspecified atom stereocenters. The third kappa shape index (κ3) is 5.05. The SMILES string of the molecule is CCC(CC)N1C(=O)[C@](C)(CC2OC(=O)NC2=O)C[C@H](c2cccc(Cl)c2)[C@H]1c1ccc(Cl)cc1. The molecule has 1 N–H and O–H groups in total. The van der Waals surface area contributed by atoms with Crippen LogP contribution in [0.3, 0.4) is 0 Å². The highest BCUT2D eigenvalue weighted by atomic mass is 35.5. The minimum Gasteiger partial charge on any atom is -0.436 e. The first-order valence-electron chi connectivity index (χ1n) is 12.0. The van der Waals surface area contributed by atoms with E-state index in [0.717, 1.165) is 24.0 Å². The van der Waals surface area contributed by atoms with Crippen molar-refractivity contribution in [2.24, 2.45) is 5.41 Å². The number of hydrogen-bond donors (Lipinski definition) is 1. The summed E-state index contributed by atoms with van der Waals surface area (Å²) in [6, 6.07) is 15.1. The Labute approximate surface area is 215 Å². The number of halogens is 2. The number of carbonyl (C=O) groups is 3. The van der Waals surface area contributed by atoms with Crippen molar-refractivity contribution < 1.29 is 19.1 Å². The molecule has 8 heteroatoms. The van der Waals surface area contributed by atoms with Crippen molar-refractivity contribution in [3.63, 3.8) is 0 Å². The average Bonchev–Trinajstić information content (AvgIpc) is 3.14. The molecule has 0 radical (unpaired) electrons. The second-order valence-electron chi connectivity index (χ2n) is 9.69.